The van der Waals surface area contributed by atoms with Crippen molar-refractivity contribution in [3.63, 3.8) is 0 Å². The van der Waals surface area contributed by atoms with Gasteiger partial charge < -0.3 is 0 Å². The molecule has 1 aromatic rings. The molecule has 2 N–H and O–H groups in total. The van der Waals surface area contributed by atoms with Crippen molar-refractivity contribution < 1.29 is 21.6 Å². The molecule has 0 spiro atoms. The SMILES string of the molecule is C[C@H](c1ccccc1S(N)(=O)=O)C(F)(F)F. The number of rotatable bonds is 2. The molecule has 0 amide bonds. The number of benzene rings is 1. The fraction of sp³-hybridized carbons (Fsp3) is 0.333. The summed E-state index contributed by atoms with van der Waals surface area (Å²) in [6.45, 7) is 0.893. The Morgan fingerprint density at radius 3 is 2.19 bits per heavy atom. The molecule has 0 radical (unpaired) electrons. The normalized spacial score (nSPS) is 14.8. The lowest BCUT2D eigenvalue weighted by Crippen LogP contribution is -2.22. The van der Waals surface area contributed by atoms with Crippen LogP contribution in [0.15, 0.2) is 29.2 Å². The smallest absolute Gasteiger partial charge is 0.225 e. The van der Waals surface area contributed by atoms with E-state index >= 15 is 0 Å². The summed E-state index contributed by atoms with van der Waals surface area (Å²) < 4.78 is 59.6. The van der Waals surface area contributed by atoms with E-state index in [9.17, 15) is 21.6 Å². The Morgan fingerprint density at radius 1 is 1.25 bits per heavy atom. The average Bonchev–Trinajstić information content (AvgIpc) is 2.14. The summed E-state index contributed by atoms with van der Waals surface area (Å²) in [6.07, 6.45) is -4.50. The van der Waals surface area contributed by atoms with Gasteiger partial charge in [0.15, 0.2) is 0 Å². The molecule has 0 aliphatic carbocycles. The lowest BCUT2D eigenvalue weighted by molar-refractivity contribution is -0.146. The first-order valence-corrected chi connectivity index (χ1v) is 5.87. The van der Waals surface area contributed by atoms with E-state index in [0.717, 1.165) is 19.1 Å². The summed E-state index contributed by atoms with van der Waals surface area (Å²) in [6, 6.07) is 4.84. The quantitative estimate of drug-likeness (QED) is 0.876. The van der Waals surface area contributed by atoms with Gasteiger partial charge in [0.25, 0.3) is 0 Å². The van der Waals surface area contributed by atoms with Gasteiger partial charge in [-0.3, -0.25) is 0 Å². The number of hydrogen-bond acceptors (Lipinski definition) is 2. The van der Waals surface area contributed by atoms with Gasteiger partial charge in [-0.2, -0.15) is 13.2 Å². The van der Waals surface area contributed by atoms with Gasteiger partial charge in [-0.05, 0) is 18.6 Å². The van der Waals surface area contributed by atoms with Crippen LogP contribution < -0.4 is 5.14 Å². The first-order valence-electron chi connectivity index (χ1n) is 4.32. The second kappa shape index (κ2) is 4.06. The summed E-state index contributed by atoms with van der Waals surface area (Å²) in [5.74, 6) is -1.87. The molecule has 0 unspecified atom stereocenters. The zero-order chi connectivity index (χ0) is 12.6. The van der Waals surface area contributed by atoms with Crippen molar-refractivity contribution in [2.45, 2.75) is 23.9 Å². The van der Waals surface area contributed by atoms with E-state index in [4.69, 9.17) is 5.14 Å². The van der Waals surface area contributed by atoms with Crippen LogP contribution in [0.4, 0.5) is 13.2 Å². The molecule has 0 aliphatic heterocycles. The molecule has 3 nitrogen and oxygen atoms in total. The molecule has 0 aliphatic rings. The van der Waals surface area contributed by atoms with Crippen molar-refractivity contribution >= 4 is 10.0 Å². The van der Waals surface area contributed by atoms with Gasteiger partial charge in [0.2, 0.25) is 10.0 Å². The number of halogens is 3. The number of primary sulfonamides is 1. The minimum absolute atomic E-state index is 0.336. The van der Waals surface area contributed by atoms with Crippen LogP contribution in [0.1, 0.15) is 18.4 Å². The molecule has 0 saturated heterocycles. The summed E-state index contributed by atoms with van der Waals surface area (Å²) in [5.41, 5.74) is -0.336. The Hall–Kier alpha value is -1.08. The van der Waals surface area contributed by atoms with Gasteiger partial charge in [-0.25, -0.2) is 13.6 Å². The molecule has 0 bridgehead atoms. The van der Waals surface area contributed by atoms with Crippen molar-refractivity contribution in [3.8, 4) is 0 Å². The zero-order valence-corrected chi connectivity index (χ0v) is 9.14. The third-order valence-electron chi connectivity index (χ3n) is 2.18. The molecule has 90 valence electrons. The van der Waals surface area contributed by atoms with Crippen LogP contribution in [0.3, 0.4) is 0 Å². The zero-order valence-electron chi connectivity index (χ0n) is 8.32. The Bertz CT molecular complexity index is 482. The molecular formula is C9H10F3NO2S. The number of nitrogens with two attached hydrogens (primary N) is 1. The molecule has 0 aromatic heterocycles. The lowest BCUT2D eigenvalue weighted by Gasteiger charge is -2.18. The average molecular weight is 253 g/mol. The molecule has 0 saturated carbocycles. The van der Waals surface area contributed by atoms with Crippen LogP contribution in [-0.2, 0) is 10.0 Å². The molecule has 16 heavy (non-hydrogen) atoms. The molecule has 1 aromatic carbocycles. The predicted molar refractivity (Wildman–Crippen MR) is 52.3 cm³/mol. The molecule has 0 heterocycles. The summed E-state index contributed by atoms with van der Waals surface area (Å²) in [7, 11) is -4.14. The molecular weight excluding hydrogens is 243 g/mol. The monoisotopic (exact) mass is 253 g/mol. The predicted octanol–water partition coefficient (Wildman–Crippen LogP) is 2.00. The Labute approximate surface area is 91.1 Å². The maximum atomic E-state index is 12.5. The largest absolute Gasteiger partial charge is 0.395 e. The molecule has 1 atom stereocenters. The Balaban J connectivity index is 3.36. The first-order chi connectivity index (χ1) is 7.14. The van der Waals surface area contributed by atoms with Gasteiger partial charge in [0.1, 0.15) is 0 Å². The van der Waals surface area contributed by atoms with Gasteiger partial charge in [-0.15, -0.1) is 0 Å². The van der Waals surface area contributed by atoms with Gasteiger partial charge in [0.05, 0.1) is 10.8 Å². The topological polar surface area (TPSA) is 60.2 Å². The van der Waals surface area contributed by atoms with E-state index in [1.165, 1.54) is 12.1 Å². The lowest BCUT2D eigenvalue weighted by atomic mass is 10.0. The van der Waals surface area contributed by atoms with Crippen molar-refractivity contribution in [2.24, 2.45) is 5.14 Å². The van der Waals surface area contributed by atoms with Crippen LogP contribution in [-0.4, -0.2) is 14.6 Å². The fourth-order valence-corrected chi connectivity index (χ4v) is 2.12. The first kappa shape index (κ1) is 13.0. The van der Waals surface area contributed by atoms with E-state index in [2.05, 4.69) is 0 Å². The highest BCUT2D eigenvalue weighted by Crippen LogP contribution is 2.36. The van der Waals surface area contributed by atoms with E-state index in [-0.39, 0.29) is 5.56 Å². The molecule has 0 fully saturated rings. The Morgan fingerprint density at radius 2 is 1.75 bits per heavy atom. The third kappa shape index (κ3) is 2.73. The van der Waals surface area contributed by atoms with Crippen molar-refractivity contribution in [1.82, 2.24) is 0 Å². The maximum absolute atomic E-state index is 12.5. The molecule has 1 rings (SSSR count). The van der Waals surface area contributed by atoms with Crippen LogP contribution >= 0.6 is 0 Å². The fourth-order valence-electron chi connectivity index (χ4n) is 1.27. The van der Waals surface area contributed by atoms with Crippen molar-refractivity contribution in [1.29, 1.82) is 0 Å². The summed E-state index contributed by atoms with van der Waals surface area (Å²) >= 11 is 0. The minimum atomic E-state index is -4.50. The standard InChI is InChI=1S/C9H10F3NO2S/c1-6(9(10,11)12)7-4-2-3-5-8(7)16(13,14)15/h2-6H,1H3,(H2,13,14,15)/t6-/m1/s1. The van der Waals surface area contributed by atoms with Gasteiger partial charge in [0, 0.05) is 0 Å². The van der Waals surface area contributed by atoms with Crippen LogP contribution in [0.2, 0.25) is 0 Å². The highest BCUT2D eigenvalue weighted by atomic mass is 32.2. The second-order valence-electron chi connectivity index (χ2n) is 3.35. The van der Waals surface area contributed by atoms with Crippen LogP contribution in [0, 0.1) is 0 Å². The highest BCUT2D eigenvalue weighted by molar-refractivity contribution is 7.89. The van der Waals surface area contributed by atoms with E-state index in [1.807, 2.05) is 0 Å². The van der Waals surface area contributed by atoms with Crippen molar-refractivity contribution in [3.05, 3.63) is 29.8 Å². The summed E-state index contributed by atoms with van der Waals surface area (Å²) in [4.78, 5) is -0.486. The number of sulfonamides is 1. The number of hydrogen-bond donors (Lipinski definition) is 1. The van der Waals surface area contributed by atoms with Gasteiger partial charge in [-0.1, -0.05) is 18.2 Å². The van der Waals surface area contributed by atoms with Crippen LogP contribution in [0.5, 0.6) is 0 Å². The Kier molecular flexibility index (Phi) is 3.30. The van der Waals surface area contributed by atoms with E-state index in [0.29, 0.717) is 0 Å². The maximum Gasteiger partial charge on any atom is 0.395 e. The van der Waals surface area contributed by atoms with Gasteiger partial charge >= 0.3 is 6.18 Å². The van der Waals surface area contributed by atoms with E-state index < -0.39 is 27.0 Å². The summed E-state index contributed by atoms with van der Waals surface area (Å²) in [5, 5.41) is 4.84. The molecule has 7 heteroatoms. The van der Waals surface area contributed by atoms with Crippen molar-refractivity contribution in [2.75, 3.05) is 0 Å². The van der Waals surface area contributed by atoms with Crippen LogP contribution in [0.25, 0.3) is 0 Å². The minimum Gasteiger partial charge on any atom is -0.225 e. The highest BCUT2D eigenvalue weighted by Gasteiger charge is 2.39. The third-order valence-corrected chi connectivity index (χ3v) is 3.17. The number of alkyl halides is 3. The second-order valence-corrected chi connectivity index (χ2v) is 4.88. The van der Waals surface area contributed by atoms with E-state index in [1.54, 1.807) is 0 Å².